The van der Waals surface area contributed by atoms with Gasteiger partial charge >= 0.3 is 0 Å². The molecule has 1 aromatic rings. The third-order valence-electron chi connectivity index (χ3n) is 2.94. The summed E-state index contributed by atoms with van der Waals surface area (Å²) in [6.45, 7) is 13.8. The maximum atomic E-state index is 5.41. The minimum atomic E-state index is 0.317. The number of hydrogen-bond acceptors (Lipinski definition) is 5. The van der Waals surface area contributed by atoms with Gasteiger partial charge in [0.1, 0.15) is 18.2 Å². The van der Waals surface area contributed by atoms with E-state index in [0.29, 0.717) is 18.6 Å². The normalized spacial score (nSPS) is 11.5. The molecule has 0 unspecified atom stereocenters. The minimum Gasteiger partial charge on any atom is -0.374 e. The van der Waals surface area contributed by atoms with Gasteiger partial charge in [-0.25, -0.2) is 9.97 Å². The lowest BCUT2D eigenvalue weighted by Gasteiger charge is -2.18. The zero-order valence-corrected chi connectivity index (χ0v) is 14.1. The standard InChI is InChI=1S/C16H30N4O/c1-6-9-17-13-11-14(18-10-8-16(3,4)5)20-15(19-13)12-21-7-2/h11H,6-10,12H2,1-5H3,(H2,17,18,19,20). The van der Waals surface area contributed by atoms with Crippen LogP contribution in [0.15, 0.2) is 6.07 Å². The van der Waals surface area contributed by atoms with Crippen LogP contribution in [0.3, 0.4) is 0 Å². The average molecular weight is 294 g/mol. The van der Waals surface area contributed by atoms with Gasteiger partial charge in [0, 0.05) is 25.8 Å². The third-order valence-corrected chi connectivity index (χ3v) is 2.94. The van der Waals surface area contributed by atoms with Crippen molar-refractivity contribution in [2.75, 3.05) is 30.3 Å². The van der Waals surface area contributed by atoms with Crippen LogP contribution in [-0.2, 0) is 11.3 Å². The maximum absolute atomic E-state index is 5.41. The van der Waals surface area contributed by atoms with E-state index in [1.807, 2.05) is 13.0 Å². The van der Waals surface area contributed by atoms with E-state index in [4.69, 9.17) is 4.74 Å². The van der Waals surface area contributed by atoms with Crippen molar-refractivity contribution in [3.8, 4) is 0 Å². The lowest BCUT2D eigenvalue weighted by molar-refractivity contribution is 0.128. The van der Waals surface area contributed by atoms with Crippen LogP contribution in [0.1, 0.15) is 53.3 Å². The molecule has 5 nitrogen and oxygen atoms in total. The van der Waals surface area contributed by atoms with Crippen LogP contribution in [-0.4, -0.2) is 29.7 Å². The zero-order valence-electron chi connectivity index (χ0n) is 14.1. The highest BCUT2D eigenvalue weighted by atomic mass is 16.5. The summed E-state index contributed by atoms with van der Waals surface area (Å²) in [4.78, 5) is 8.99. The molecule has 0 atom stereocenters. The third kappa shape index (κ3) is 7.85. The van der Waals surface area contributed by atoms with E-state index in [-0.39, 0.29) is 0 Å². The largest absolute Gasteiger partial charge is 0.374 e. The van der Waals surface area contributed by atoms with E-state index in [0.717, 1.165) is 43.4 Å². The van der Waals surface area contributed by atoms with Gasteiger partial charge in [-0.2, -0.15) is 0 Å². The fourth-order valence-corrected chi connectivity index (χ4v) is 1.75. The van der Waals surface area contributed by atoms with Gasteiger partial charge < -0.3 is 15.4 Å². The summed E-state index contributed by atoms with van der Waals surface area (Å²) in [6, 6.07) is 1.97. The Labute approximate surface area is 128 Å². The Bertz CT molecular complexity index is 389. The highest BCUT2D eigenvalue weighted by Gasteiger charge is 2.10. The first-order chi connectivity index (χ1) is 9.94. The molecule has 0 radical (unpaired) electrons. The first kappa shape index (κ1) is 17.7. The monoisotopic (exact) mass is 294 g/mol. The molecule has 5 heteroatoms. The number of aromatic nitrogens is 2. The molecule has 0 saturated carbocycles. The number of nitrogens with one attached hydrogen (secondary N) is 2. The number of ether oxygens (including phenoxy) is 1. The molecule has 120 valence electrons. The molecule has 0 aliphatic heterocycles. The van der Waals surface area contributed by atoms with Crippen molar-refractivity contribution in [2.24, 2.45) is 5.41 Å². The van der Waals surface area contributed by atoms with Gasteiger partial charge in [0.25, 0.3) is 0 Å². The summed E-state index contributed by atoms with van der Waals surface area (Å²) in [6.07, 6.45) is 2.16. The molecule has 1 aromatic heterocycles. The number of hydrogen-bond donors (Lipinski definition) is 2. The molecular formula is C16H30N4O. The molecule has 1 rings (SSSR count). The van der Waals surface area contributed by atoms with Gasteiger partial charge in [0.05, 0.1) is 0 Å². The van der Waals surface area contributed by atoms with Crippen LogP contribution >= 0.6 is 0 Å². The van der Waals surface area contributed by atoms with E-state index >= 15 is 0 Å². The van der Waals surface area contributed by atoms with Crippen molar-refractivity contribution in [3.63, 3.8) is 0 Å². The lowest BCUT2D eigenvalue weighted by atomic mass is 9.92. The lowest BCUT2D eigenvalue weighted by Crippen LogP contribution is -2.15. The highest BCUT2D eigenvalue weighted by Crippen LogP contribution is 2.19. The highest BCUT2D eigenvalue weighted by molar-refractivity contribution is 5.47. The van der Waals surface area contributed by atoms with Crippen LogP contribution in [0.25, 0.3) is 0 Å². The first-order valence-electron chi connectivity index (χ1n) is 7.88. The summed E-state index contributed by atoms with van der Waals surface area (Å²) in [5.41, 5.74) is 0.317. The van der Waals surface area contributed by atoms with Crippen LogP contribution in [0, 0.1) is 5.41 Å². The molecule has 0 aliphatic carbocycles. The first-order valence-corrected chi connectivity index (χ1v) is 7.88. The van der Waals surface area contributed by atoms with Crippen molar-refractivity contribution in [1.29, 1.82) is 0 Å². The van der Waals surface area contributed by atoms with E-state index in [9.17, 15) is 0 Å². The Morgan fingerprint density at radius 3 is 2.19 bits per heavy atom. The van der Waals surface area contributed by atoms with Gasteiger partial charge in [-0.1, -0.05) is 27.7 Å². The van der Waals surface area contributed by atoms with Crippen molar-refractivity contribution >= 4 is 11.6 Å². The number of rotatable bonds is 9. The van der Waals surface area contributed by atoms with Crippen LogP contribution in [0.5, 0.6) is 0 Å². The van der Waals surface area contributed by atoms with E-state index in [1.165, 1.54) is 0 Å². The fourth-order valence-electron chi connectivity index (χ4n) is 1.75. The Morgan fingerprint density at radius 1 is 1.05 bits per heavy atom. The van der Waals surface area contributed by atoms with Crippen LogP contribution in [0.4, 0.5) is 11.6 Å². The molecule has 0 spiro atoms. The zero-order chi connectivity index (χ0) is 15.7. The Hall–Kier alpha value is -1.36. The van der Waals surface area contributed by atoms with Crippen LogP contribution in [0.2, 0.25) is 0 Å². The van der Waals surface area contributed by atoms with Crippen molar-refractivity contribution in [1.82, 2.24) is 9.97 Å². The van der Waals surface area contributed by atoms with E-state index < -0.39 is 0 Å². The summed E-state index contributed by atoms with van der Waals surface area (Å²) in [5, 5.41) is 6.70. The number of anilines is 2. The Balaban J connectivity index is 2.70. The number of nitrogens with zero attached hydrogens (tertiary/aromatic N) is 2. The molecule has 0 aromatic carbocycles. The van der Waals surface area contributed by atoms with E-state index in [2.05, 4.69) is 48.3 Å². The van der Waals surface area contributed by atoms with Crippen molar-refractivity contribution < 1.29 is 4.74 Å². The quantitative estimate of drug-likeness (QED) is 0.727. The molecule has 0 fully saturated rings. The van der Waals surface area contributed by atoms with Crippen LogP contribution < -0.4 is 10.6 Å². The smallest absolute Gasteiger partial charge is 0.158 e. The Morgan fingerprint density at radius 2 is 1.67 bits per heavy atom. The molecule has 0 aliphatic rings. The van der Waals surface area contributed by atoms with Crippen molar-refractivity contribution in [3.05, 3.63) is 11.9 Å². The van der Waals surface area contributed by atoms with E-state index in [1.54, 1.807) is 0 Å². The topological polar surface area (TPSA) is 59.1 Å². The summed E-state index contributed by atoms with van der Waals surface area (Å²) in [5.74, 6) is 2.44. The molecule has 1 heterocycles. The SMILES string of the molecule is CCCNc1cc(NCCC(C)(C)C)nc(COCC)n1. The maximum Gasteiger partial charge on any atom is 0.158 e. The molecule has 2 N–H and O–H groups in total. The fraction of sp³-hybridized carbons (Fsp3) is 0.750. The van der Waals surface area contributed by atoms with Gasteiger partial charge in [-0.15, -0.1) is 0 Å². The van der Waals surface area contributed by atoms with Crippen molar-refractivity contribution in [2.45, 2.75) is 54.1 Å². The molecule has 0 amide bonds. The molecular weight excluding hydrogens is 264 g/mol. The summed E-state index contributed by atoms with van der Waals surface area (Å²) < 4.78 is 5.41. The van der Waals surface area contributed by atoms with Gasteiger partial charge in [-0.3, -0.25) is 0 Å². The second-order valence-corrected chi connectivity index (χ2v) is 6.36. The van der Waals surface area contributed by atoms with Gasteiger partial charge in [0.2, 0.25) is 0 Å². The second-order valence-electron chi connectivity index (χ2n) is 6.36. The second kappa shape index (κ2) is 8.82. The minimum absolute atomic E-state index is 0.317. The van der Waals surface area contributed by atoms with Gasteiger partial charge in [0.15, 0.2) is 5.82 Å². The summed E-state index contributed by atoms with van der Waals surface area (Å²) >= 11 is 0. The average Bonchev–Trinajstić information content (AvgIpc) is 2.41. The molecule has 21 heavy (non-hydrogen) atoms. The molecule has 0 bridgehead atoms. The predicted octanol–water partition coefficient (Wildman–Crippen LogP) is 3.68. The summed E-state index contributed by atoms with van der Waals surface area (Å²) in [7, 11) is 0. The van der Waals surface area contributed by atoms with Gasteiger partial charge in [-0.05, 0) is 25.2 Å². The molecule has 0 saturated heterocycles. The predicted molar refractivity (Wildman–Crippen MR) is 88.7 cm³/mol. The Kier molecular flexibility index (Phi) is 7.43.